The zero-order valence-electron chi connectivity index (χ0n) is 15.1. The van der Waals surface area contributed by atoms with E-state index in [-0.39, 0.29) is 36.1 Å². The number of benzene rings is 2. The van der Waals surface area contributed by atoms with Crippen LogP contribution in [0, 0.1) is 11.7 Å². The minimum absolute atomic E-state index is 0.0806. The number of rotatable bonds is 7. The molecule has 0 heterocycles. The first-order valence-corrected chi connectivity index (χ1v) is 9.40. The number of aliphatic hydroxyl groups excluding tert-OH is 1. The number of ether oxygens (including phenoxy) is 1. The smallest absolute Gasteiger partial charge is 0.220 e. The van der Waals surface area contributed by atoms with Crippen LogP contribution < -0.4 is 10.1 Å². The third-order valence-electron chi connectivity index (χ3n) is 5.05. The summed E-state index contributed by atoms with van der Waals surface area (Å²) in [6, 6.07) is 11.8. The van der Waals surface area contributed by atoms with Gasteiger partial charge >= 0.3 is 0 Å². The predicted octanol–water partition coefficient (Wildman–Crippen LogP) is 4.05. The zero-order valence-corrected chi connectivity index (χ0v) is 15.9. The average Bonchev–Trinajstić information content (AvgIpc) is 2.63. The van der Waals surface area contributed by atoms with Crippen molar-refractivity contribution in [3.8, 4) is 5.75 Å². The molecule has 0 aliphatic heterocycles. The number of methoxy groups -OCH3 is 1. The van der Waals surface area contributed by atoms with Crippen molar-refractivity contribution >= 4 is 17.5 Å². The van der Waals surface area contributed by atoms with Crippen LogP contribution in [0.15, 0.2) is 42.5 Å². The van der Waals surface area contributed by atoms with E-state index in [1.807, 2.05) is 18.2 Å². The molecule has 0 radical (unpaired) electrons. The van der Waals surface area contributed by atoms with Gasteiger partial charge in [0.25, 0.3) is 0 Å². The molecule has 1 aliphatic rings. The van der Waals surface area contributed by atoms with E-state index in [2.05, 4.69) is 5.32 Å². The number of carbonyl (C=O) groups is 1. The number of aliphatic hydroxyl groups is 1. The second kappa shape index (κ2) is 8.72. The fraction of sp³-hybridized carbons (Fsp3) is 0.381. The third kappa shape index (κ3) is 4.79. The van der Waals surface area contributed by atoms with Gasteiger partial charge in [0.15, 0.2) is 11.6 Å². The Kier molecular flexibility index (Phi) is 6.34. The molecule has 2 N–H and O–H groups in total. The summed E-state index contributed by atoms with van der Waals surface area (Å²) < 4.78 is 19.1. The van der Waals surface area contributed by atoms with E-state index < -0.39 is 5.82 Å². The molecule has 1 atom stereocenters. The van der Waals surface area contributed by atoms with Gasteiger partial charge in [-0.2, -0.15) is 0 Å². The Balaban J connectivity index is 1.69. The van der Waals surface area contributed by atoms with Gasteiger partial charge in [0.2, 0.25) is 5.91 Å². The number of nitrogens with one attached hydrogen (secondary N) is 1. The molecular formula is C21H23ClFNO3. The molecule has 4 nitrogen and oxygen atoms in total. The number of hydrogen-bond donors (Lipinski definition) is 2. The lowest BCUT2D eigenvalue weighted by Crippen LogP contribution is -2.41. The van der Waals surface area contributed by atoms with Gasteiger partial charge in [0.05, 0.1) is 19.3 Å². The van der Waals surface area contributed by atoms with Crippen molar-refractivity contribution in [3.63, 3.8) is 0 Å². The monoisotopic (exact) mass is 391 g/mol. The van der Waals surface area contributed by atoms with Crippen molar-refractivity contribution in [1.29, 1.82) is 0 Å². The van der Waals surface area contributed by atoms with Gasteiger partial charge in [-0.1, -0.05) is 35.9 Å². The van der Waals surface area contributed by atoms with Gasteiger partial charge in [-0.3, -0.25) is 4.79 Å². The van der Waals surface area contributed by atoms with Crippen LogP contribution in [0.1, 0.15) is 36.4 Å². The fourth-order valence-electron chi connectivity index (χ4n) is 3.45. The molecule has 3 rings (SSSR count). The Labute approximate surface area is 163 Å². The molecule has 27 heavy (non-hydrogen) atoms. The molecular weight excluding hydrogens is 369 g/mol. The van der Waals surface area contributed by atoms with Gasteiger partial charge < -0.3 is 15.2 Å². The molecule has 1 aliphatic carbocycles. The molecule has 1 saturated carbocycles. The quantitative estimate of drug-likeness (QED) is 0.748. The standard InChI is InChI=1S/C21H23ClFNO3/c1-27-19-8-6-14(12-18(19)23)21(15-10-16(25)11-15)24-20(26)9-7-13-4-2-3-5-17(13)22/h2-6,8,12,15-16,21,25H,7,9-11H2,1H3,(H,24,26)/t15?,16?,21-/m1/s1. The number of halogens is 2. The van der Waals surface area contributed by atoms with E-state index in [1.54, 1.807) is 18.2 Å². The maximum atomic E-state index is 14.1. The predicted molar refractivity (Wildman–Crippen MR) is 102 cm³/mol. The molecule has 0 saturated heterocycles. The fourth-order valence-corrected chi connectivity index (χ4v) is 3.68. The molecule has 144 valence electrons. The minimum atomic E-state index is -0.467. The summed E-state index contributed by atoms with van der Waals surface area (Å²) in [4.78, 5) is 12.5. The van der Waals surface area contributed by atoms with E-state index in [0.717, 1.165) is 5.56 Å². The first-order chi connectivity index (χ1) is 13.0. The molecule has 2 aromatic rings. The first kappa shape index (κ1) is 19.6. The Morgan fingerprint density at radius 1 is 1.33 bits per heavy atom. The normalized spacial score (nSPS) is 19.9. The highest BCUT2D eigenvalue weighted by molar-refractivity contribution is 6.31. The van der Waals surface area contributed by atoms with Crippen LogP contribution in [-0.4, -0.2) is 24.2 Å². The summed E-state index contributed by atoms with van der Waals surface area (Å²) in [5.41, 5.74) is 1.59. The van der Waals surface area contributed by atoms with Crippen LogP contribution >= 0.6 is 11.6 Å². The van der Waals surface area contributed by atoms with E-state index in [4.69, 9.17) is 16.3 Å². The Morgan fingerprint density at radius 3 is 2.70 bits per heavy atom. The van der Waals surface area contributed by atoms with Crippen molar-refractivity contribution in [2.45, 2.75) is 37.8 Å². The highest BCUT2D eigenvalue weighted by Gasteiger charge is 2.35. The number of aryl methyl sites for hydroxylation is 1. The minimum Gasteiger partial charge on any atom is -0.494 e. The summed E-state index contributed by atoms with van der Waals surface area (Å²) in [5.74, 6) is -0.351. The van der Waals surface area contributed by atoms with Crippen molar-refractivity contribution in [1.82, 2.24) is 5.32 Å². The summed E-state index contributed by atoms with van der Waals surface area (Å²) in [6.07, 6.45) is 1.63. The van der Waals surface area contributed by atoms with Gasteiger partial charge in [0.1, 0.15) is 0 Å². The number of amides is 1. The van der Waals surface area contributed by atoms with Gasteiger partial charge in [-0.25, -0.2) is 4.39 Å². The third-order valence-corrected chi connectivity index (χ3v) is 5.42. The van der Waals surface area contributed by atoms with Crippen molar-refractivity contribution in [3.05, 3.63) is 64.4 Å². The van der Waals surface area contributed by atoms with Crippen molar-refractivity contribution in [2.75, 3.05) is 7.11 Å². The van der Waals surface area contributed by atoms with Crippen LogP contribution in [0.5, 0.6) is 5.75 Å². The average molecular weight is 392 g/mol. The summed E-state index contributed by atoms with van der Waals surface area (Å²) >= 11 is 6.14. The molecule has 0 unspecified atom stereocenters. The lowest BCUT2D eigenvalue weighted by atomic mass is 9.75. The SMILES string of the molecule is COc1ccc([C@@H](NC(=O)CCc2ccccc2Cl)C2CC(O)C2)cc1F. The van der Waals surface area contributed by atoms with Crippen LogP contribution in [-0.2, 0) is 11.2 Å². The van der Waals surface area contributed by atoms with Gasteiger partial charge in [-0.15, -0.1) is 0 Å². The molecule has 0 bridgehead atoms. The maximum absolute atomic E-state index is 14.1. The Morgan fingerprint density at radius 2 is 2.07 bits per heavy atom. The van der Waals surface area contributed by atoms with Crippen LogP contribution in [0.3, 0.4) is 0 Å². The second-order valence-corrected chi connectivity index (χ2v) is 7.32. The van der Waals surface area contributed by atoms with E-state index in [9.17, 15) is 14.3 Å². The molecule has 0 aromatic heterocycles. The maximum Gasteiger partial charge on any atom is 0.220 e. The molecule has 6 heteroatoms. The molecule has 1 fully saturated rings. The van der Waals surface area contributed by atoms with Crippen LogP contribution in [0.2, 0.25) is 5.02 Å². The highest BCUT2D eigenvalue weighted by Crippen LogP contribution is 2.39. The summed E-state index contributed by atoms with van der Waals surface area (Å²) in [5, 5.41) is 13.3. The zero-order chi connectivity index (χ0) is 19.4. The van der Waals surface area contributed by atoms with E-state index in [0.29, 0.717) is 29.8 Å². The lowest BCUT2D eigenvalue weighted by molar-refractivity contribution is -0.123. The molecule has 0 spiro atoms. The summed E-state index contributed by atoms with van der Waals surface area (Å²) in [7, 11) is 1.41. The molecule has 2 aromatic carbocycles. The first-order valence-electron chi connectivity index (χ1n) is 9.02. The Bertz CT molecular complexity index is 808. The topological polar surface area (TPSA) is 58.6 Å². The number of hydrogen-bond acceptors (Lipinski definition) is 3. The van der Waals surface area contributed by atoms with E-state index in [1.165, 1.54) is 13.2 Å². The highest BCUT2D eigenvalue weighted by atomic mass is 35.5. The lowest BCUT2D eigenvalue weighted by Gasteiger charge is -2.38. The van der Waals surface area contributed by atoms with Crippen molar-refractivity contribution < 1.29 is 19.0 Å². The Hall–Kier alpha value is -2.11. The largest absolute Gasteiger partial charge is 0.494 e. The number of carbonyl (C=O) groups excluding carboxylic acids is 1. The van der Waals surface area contributed by atoms with E-state index >= 15 is 0 Å². The van der Waals surface area contributed by atoms with Crippen LogP contribution in [0.4, 0.5) is 4.39 Å². The van der Waals surface area contributed by atoms with Crippen LogP contribution in [0.25, 0.3) is 0 Å². The van der Waals surface area contributed by atoms with Crippen molar-refractivity contribution in [2.24, 2.45) is 5.92 Å². The van der Waals surface area contributed by atoms with Gasteiger partial charge in [-0.05, 0) is 54.5 Å². The second-order valence-electron chi connectivity index (χ2n) is 6.92. The molecule has 1 amide bonds. The van der Waals surface area contributed by atoms with Gasteiger partial charge in [0, 0.05) is 11.4 Å². The summed E-state index contributed by atoms with van der Waals surface area (Å²) in [6.45, 7) is 0.